The molecule has 0 N–H and O–H groups in total. The van der Waals surface area contributed by atoms with E-state index >= 15 is 0 Å². The van der Waals surface area contributed by atoms with Crippen LogP contribution in [-0.4, -0.2) is 0 Å². The lowest BCUT2D eigenvalue weighted by molar-refractivity contribution is 0.661. The van der Waals surface area contributed by atoms with Gasteiger partial charge in [0.15, 0.2) is 0 Å². The first-order chi connectivity index (χ1) is 27.0. The number of benzene rings is 9. The Bertz CT molecular complexity index is 3130. The van der Waals surface area contributed by atoms with Gasteiger partial charge >= 0.3 is 0 Å². The zero-order valence-electron chi connectivity index (χ0n) is 30.8. The average Bonchev–Trinajstić information content (AvgIpc) is 3.74. The van der Waals surface area contributed by atoms with E-state index in [0.29, 0.717) is 0 Å². The van der Waals surface area contributed by atoms with Gasteiger partial charge in [0.2, 0.25) is 0 Å². The highest BCUT2D eigenvalue weighted by Gasteiger charge is 2.38. The lowest BCUT2D eigenvalue weighted by Gasteiger charge is -2.32. The number of fused-ring (bicyclic) bond motifs is 9. The van der Waals surface area contributed by atoms with Crippen molar-refractivity contribution < 1.29 is 4.42 Å². The van der Waals surface area contributed by atoms with Crippen molar-refractivity contribution >= 4 is 60.5 Å². The number of furan rings is 1. The maximum absolute atomic E-state index is 6.56. The highest BCUT2D eigenvalue weighted by Crippen LogP contribution is 2.54. The predicted molar refractivity (Wildman–Crippen MR) is 232 cm³/mol. The minimum absolute atomic E-state index is 0.182. The number of rotatable bonds is 5. The van der Waals surface area contributed by atoms with E-state index < -0.39 is 0 Å². The van der Waals surface area contributed by atoms with E-state index in [2.05, 4.69) is 207 Å². The first kappa shape index (κ1) is 31.6. The lowest BCUT2D eigenvalue weighted by atomic mass is 9.81. The van der Waals surface area contributed by atoms with Gasteiger partial charge in [-0.2, -0.15) is 0 Å². The van der Waals surface area contributed by atoms with Crippen LogP contribution in [0.5, 0.6) is 0 Å². The molecule has 2 heteroatoms. The van der Waals surface area contributed by atoms with Crippen molar-refractivity contribution in [3.63, 3.8) is 0 Å². The fourth-order valence-electron chi connectivity index (χ4n) is 9.21. The summed E-state index contributed by atoms with van der Waals surface area (Å²) in [5.74, 6) is 0. The largest absolute Gasteiger partial charge is 0.455 e. The van der Waals surface area contributed by atoms with Crippen molar-refractivity contribution in [2.24, 2.45) is 0 Å². The summed E-state index contributed by atoms with van der Waals surface area (Å²) in [6.45, 7) is 4.74. The van der Waals surface area contributed by atoms with Crippen LogP contribution in [0.3, 0.4) is 0 Å². The molecular formula is C53H37NO. The van der Waals surface area contributed by atoms with Crippen LogP contribution >= 0.6 is 0 Å². The SMILES string of the molecule is CC1(C)c2ccccc2-c2cccc(N(c3ccc(-c4cccc5oc6c7ccccc7ccc6c45)cc3)c3cccc(-c4ccc5ccccc5c4)c3)c21. The van der Waals surface area contributed by atoms with Crippen LogP contribution in [0.25, 0.3) is 76.9 Å². The smallest absolute Gasteiger partial charge is 0.143 e. The minimum Gasteiger partial charge on any atom is -0.455 e. The van der Waals surface area contributed by atoms with Gasteiger partial charge in [-0.1, -0.05) is 153 Å². The summed E-state index contributed by atoms with van der Waals surface area (Å²) in [6, 6.07) is 68.4. The van der Waals surface area contributed by atoms with E-state index in [1.807, 2.05) is 0 Å². The van der Waals surface area contributed by atoms with Crippen LogP contribution in [0.1, 0.15) is 25.0 Å². The van der Waals surface area contributed by atoms with Crippen molar-refractivity contribution in [1.82, 2.24) is 0 Å². The molecule has 10 aromatic rings. The Balaban J connectivity index is 1.08. The maximum Gasteiger partial charge on any atom is 0.143 e. The third-order valence-corrected chi connectivity index (χ3v) is 11.8. The lowest BCUT2D eigenvalue weighted by Crippen LogP contribution is -2.20. The quantitative estimate of drug-likeness (QED) is 0.177. The molecule has 9 aromatic carbocycles. The van der Waals surface area contributed by atoms with Crippen LogP contribution < -0.4 is 4.90 Å². The van der Waals surface area contributed by atoms with Crippen molar-refractivity contribution in [3.05, 3.63) is 199 Å². The van der Waals surface area contributed by atoms with Gasteiger partial charge in [-0.25, -0.2) is 0 Å². The molecule has 55 heavy (non-hydrogen) atoms. The number of nitrogens with zero attached hydrogens (tertiary/aromatic N) is 1. The Hall–Kier alpha value is -6.90. The third-order valence-electron chi connectivity index (χ3n) is 11.8. The first-order valence-electron chi connectivity index (χ1n) is 19.1. The summed E-state index contributed by atoms with van der Waals surface area (Å²) in [5, 5.41) is 7.10. The minimum atomic E-state index is -0.182. The second-order valence-corrected chi connectivity index (χ2v) is 15.3. The molecule has 0 fully saturated rings. The molecule has 0 unspecified atom stereocenters. The Kier molecular flexibility index (Phi) is 6.93. The van der Waals surface area contributed by atoms with E-state index in [1.165, 1.54) is 60.8 Å². The van der Waals surface area contributed by atoms with Crippen molar-refractivity contribution in [2.75, 3.05) is 4.90 Å². The van der Waals surface area contributed by atoms with Gasteiger partial charge < -0.3 is 9.32 Å². The molecule has 1 aromatic heterocycles. The molecule has 0 amide bonds. The molecule has 11 rings (SSSR count). The standard InChI is InChI=1S/C53H37NO/c1-53(2)47-21-8-7-18-44(47)45-20-10-22-48(51(45)53)54(41-16-9-15-38(33-41)39-25-24-34-12-3-4-14-37(34)32-39)40-29-26-36(27-30-40)42-19-11-23-49-50(42)46-31-28-35-13-5-6-17-43(35)52(46)55-49/h3-33H,1-2H3. The topological polar surface area (TPSA) is 16.4 Å². The summed E-state index contributed by atoms with van der Waals surface area (Å²) < 4.78 is 6.56. The van der Waals surface area contributed by atoms with Crippen LogP contribution in [0.4, 0.5) is 17.1 Å². The van der Waals surface area contributed by atoms with Crippen LogP contribution in [0, 0.1) is 0 Å². The molecule has 0 spiro atoms. The molecule has 2 nitrogen and oxygen atoms in total. The van der Waals surface area contributed by atoms with Gasteiger partial charge in [-0.15, -0.1) is 0 Å². The Morgan fingerprint density at radius 3 is 2.00 bits per heavy atom. The number of hydrogen-bond donors (Lipinski definition) is 0. The third kappa shape index (κ3) is 4.88. The van der Waals surface area contributed by atoms with Gasteiger partial charge in [-0.05, 0) is 109 Å². The Labute approximate surface area is 320 Å². The normalized spacial score (nSPS) is 13.1. The number of anilines is 3. The zero-order valence-corrected chi connectivity index (χ0v) is 30.8. The molecule has 0 saturated carbocycles. The monoisotopic (exact) mass is 703 g/mol. The van der Waals surface area contributed by atoms with Gasteiger partial charge in [-0.3, -0.25) is 0 Å². The molecule has 0 bridgehead atoms. The van der Waals surface area contributed by atoms with E-state index in [9.17, 15) is 0 Å². The maximum atomic E-state index is 6.56. The average molecular weight is 704 g/mol. The van der Waals surface area contributed by atoms with Crippen LogP contribution in [-0.2, 0) is 5.41 Å². The Morgan fingerprint density at radius 1 is 0.436 bits per heavy atom. The summed E-state index contributed by atoms with van der Waals surface area (Å²) in [6.07, 6.45) is 0. The fraction of sp³-hybridized carbons (Fsp3) is 0.0566. The van der Waals surface area contributed by atoms with Gasteiger partial charge in [0, 0.05) is 32.9 Å². The van der Waals surface area contributed by atoms with Gasteiger partial charge in [0.05, 0.1) is 5.69 Å². The molecule has 0 radical (unpaired) electrons. The molecule has 0 saturated heterocycles. The molecule has 1 aliphatic rings. The molecule has 0 atom stereocenters. The summed E-state index contributed by atoms with van der Waals surface area (Å²) >= 11 is 0. The highest BCUT2D eigenvalue weighted by molar-refractivity contribution is 6.19. The van der Waals surface area contributed by atoms with Gasteiger partial charge in [0.25, 0.3) is 0 Å². The van der Waals surface area contributed by atoms with Crippen LogP contribution in [0.2, 0.25) is 0 Å². The fourth-order valence-corrected chi connectivity index (χ4v) is 9.21. The first-order valence-corrected chi connectivity index (χ1v) is 19.1. The van der Waals surface area contributed by atoms with Crippen molar-refractivity contribution in [1.29, 1.82) is 0 Å². The summed E-state index contributed by atoms with van der Waals surface area (Å²) in [7, 11) is 0. The molecule has 0 aliphatic heterocycles. The van der Waals surface area contributed by atoms with E-state index in [-0.39, 0.29) is 5.41 Å². The molecule has 1 aliphatic carbocycles. The van der Waals surface area contributed by atoms with E-state index in [4.69, 9.17) is 4.42 Å². The van der Waals surface area contributed by atoms with Crippen molar-refractivity contribution in [2.45, 2.75) is 19.3 Å². The van der Waals surface area contributed by atoms with E-state index in [1.54, 1.807) is 0 Å². The molecular weight excluding hydrogens is 667 g/mol. The number of hydrogen-bond acceptors (Lipinski definition) is 2. The summed E-state index contributed by atoms with van der Waals surface area (Å²) in [5.41, 5.74) is 15.1. The predicted octanol–water partition coefficient (Wildman–Crippen LogP) is 15.0. The second-order valence-electron chi connectivity index (χ2n) is 15.3. The highest BCUT2D eigenvalue weighted by atomic mass is 16.3. The second kappa shape index (κ2) is 12.1. The molecule has 1 heterocycles. The Morgan fingerprint density at radius 2 is 1.11 bits per heavy atom. The zero-order chi connectivity index (χ0) is 36.7. The summed E-state index contributed by atoms with van der Waals surface area (Å²) in [4.78, 5) is 2.46. The van der Waals surface area contributed by atoms with E-state index in [0.717, 1.165) is 44.3 Å². The molecule has 260 valence electrons. The van der Waals surface area contributed by atoms with Crippen LogP contribution in [0.15, 0.2) is 192 Å². The van der Waals surface area contributed by atoms with Crippen molar-refractivity contribution in [3.8, 4) is 33.4 Å². The van der Waals surface area contributed by atoms with Gasteiger partial charge in [0.1, 0.15) is 11.2 Å².